The van der Waals surface area contributed by atoms with Gasteiger partial charge in [-0.3, -0.25) is 9.59 Å². The Morgan fingerprint density at radius 3 is 2.16 bits per heavy atom. The van der Waals surface area contributed by atoms with Crippen LogP contribution in [0.2, 0.25) is 0 Å². The van der Waals surface area contributed by atoms with Crippen molar-refractivity contribution in [2.75, 3.05) is 13.2 Å². The first-order valence-electron chi connectivity index (χ1n) is 11.0. The van der Waals surface area contributed by atoms with E-state index in [9.17, 15) is 19.5 Å². The summed E-state index contributed by atoms with van der Waals surface area (Å²) < 4.78 is 5.23. The average Bonchev–Trinajstić information content (AvgIpc) is 2.63. The molecule has 1 aromatic rings. The van der Waals surface area contributed by atoms with Gasteiger partial charge in [-0.2, -0.15) is 0 Å². The van der Waals surface area contributed by atoms with Crippen LogP contribution in [0.3, 0.4) is 0 Å². The average molecular weight is 450 g/mol. The molecule has 3 N–H and O–H groups in total. The molecule has 3 amide bonds. The minimum absolute atomic E-state index is 0.266. The van der Waals surface area contributed by atoms with E-state index in [0.717, 1.165) is 5.56 Å². The van der Waals surface area contributed by atoms with Crippen molar-refractivity contribution in [3.8, 4) is 0 Å². The third-order valence-electron chi connectivity index (χ3n) is 4.46. The third kappa shape index (κ3) is 8.49. The molecule has 8 heteroatoms. The molecular formula is C24H39N3O5. The second kappa shape index (κ2) is 11.3. The summed E-state index contributed by atoms with van der Waals surface area (Å²) in [5.41, 5.74) is 0.275. The Balaban J connectivity index is 3.37. The fourth-order valence-corrected chi connectivity index (χ4v) is 3.23. The normalized spacial score (nSPS) is 13.7. The topological polar surface area (TPSA) is 108 Å². The highest BCUT2D eigenvalue weighted by Crippen LogP contribution is 2.26. The molecule has 2 atom stereocenters. The van der Waals surface area contributed by atoms with Gasteiger partial charge < -0.3 is 25.4 Å². The van der Waals surface area contributed by atoms with Gasteiger partial charge in [0.15, 0.2) is 0 Å². The number of carbonyl (C=O) groups excluding carboxylic acids is 3. The van der Waals surface area contributed by atoms with Crippen LogP contribution >= 0.6 is 0 Å². The van der Waals surface area contributed by atoms with Crippen molar-refractivity contribution in [3.05, 3.63) is 35.4 Å². The zero-order valence-electron chi connectivity index (χ0n) is 20.6. The van der Waals surface area contributed by atoms with Gasteiger partial charge in [0, 0.05) is 12.1 Å². The monoisotopic (exact) mass is 449 g/mol. The van der Waals surface area contributed by atoms with Crippen LogP contribution < -0.4 is 10.6 Å². The Labute approximate surface area is 191 Å². The number of benzene rings is 1. The highest BCUT2D eigenvalue weighted by atomic mass is 16.6. The van der Waals surface area contributed by atoms with E-state index in [1.54, 1.807) is 20.8 Å². The molecule has 180 valence electrons. The maximum absolute atomic E-state index is 13.5. The second-order valence-electron chi connectivity index (χ2n) is 9.91. The fourth-order valence-electron chi connectivity index (χ4n) is 3.23. The Morgan fingerprint density at radius 2 is 1.69 bits per heavy atom. The maximum atomic E-state index is 13.5. The maximum Gasteiger partial charge on any atom is 0.408 e. The molecule has 0 bridgehead atoms. The lowest BCUT2D eigenvalue weighted by Crippen LogP contribution is -2.56. The van der Waals surface area contributed by atoms with Gasteiger partial charge in [0.1, 0.15) is 17.7 Å². The van der Waals surface area contributed by atoms with Gasteiger partial charge in [-0.25, -0.2) is 4.79 Å². The van der Waals surface area contributed by atoms with E-state index < -0.39 is 41.8 Å². The van der Waals surface area contributed by atoms with Crippen LogP contribution in [0.1, 0.15) is 72.1 Å². The summed E-state index contributed by atoms with van der Waals surface area (Å²) in [4.78, 5) is 40.5. The molecule has 0 fully saturated rings. The Bertz CT molecular complexity index is 796. The van der Waals surface area contributed by atoms with Gasteiger partial charge in [0.25, 0.3) is 0 Å². The SMILES string of the molecule is CCCN(C(=O)C(CO)NC(=O)OC(C)(C)C)C(C(=O)NC(C)(C)C)c1ccccc1C. The molecule has 0 saturated heterocycles. The van der Waals surface area contributed by atoms with Crippen LogP contribution in [0.15, 0.2) is 24.3 Å². The van der Waals surface area contributed by atoms with Crippen LogP contribution in [0.5, 0.6) is 0 Å². The lowest BCUT2D eigenvalue weighted by atomic mass is 9.96. The number of hydrogen-bond acceptors (Lipinski definition) is 5. The van der Waals surface area contributed by atoms with Crippen LogP contribution in [0, 0.1) is 6.92 Å². The highest BCUT2D eigenvalue weighted by Gasteiger charge is 2.37. The number of ether oxygens (including phenoxy) is 1. The minimum atomic E-state index is -1.25. The van der Waals surface area contributed by atoms with Gasteiger partial charge in [-0.15, -0.1) is 0 Å². The second-order valence-corrected chi connectivity index (χ2v) is 9.91. The molecule has 1 rings (SSSR count). The Hall–Kier alpha value is -2.61. The first-order chi connectivity index (χ1) is 14.7. The van der Waals surface area contributed by atoms with Gasteiger partial charge in [0.05, 0.1) is 6.61 Å². The number of nitrogens with one attached hydrogen (secondary N) is 2. The van der Waals surface area contributed by atoms with E-state index in [-0.39, 0.29) is 12.5 Å². The number of carbonyl (C=O) groups is 3. The summed E-state index contributed by atoms with van der Waals surface area (Å²) in [5.74, 6) is -0.889. The zero-order chi connectivity index (χ0) is 24.7. The van der Waals surface area contributed by atoms with Gasteiger partial charge >= 0.3 is 6.09 Å². The van der Waals surface area contributed by atoms with Crippen LogP contribution in [-0.2, 0) is 14.3 Å². The minimum Gasteiger partial charge on any atom is -0.444 e. The molecule has 0 aromatic heterocycles. The molecular weight excluding hydrogens is 410 g/mol. The number of aliphatic hydroxyl groups is 1. The molecule has 1 aromatic carbocycles. The molecule has 0 spiro atoms. The molecule has 0 saturated carbocycles. The predicted molar refractivity (Wildman–Crippen MR) is 124 cm³/mol. The van der Waals surface area contributed by atoms with Crippen LogP contribution in [0.4, 0.5) is 4.79 Å². The number of alkyl carbamates (subject to hydrolysis) is 1. The zero-order valence-corrected chi connectivity index (χ0v) is 20.6. The predicted octanol–water partition coefficient (Wildman–Crippen LogP) is 3.08. The lowest BCUT2D eigenvalue weighted by Gasteiger charge is -2.36. The van der Waals surface area contributed by atoms with Crippen molar-refractivity contribution in [3.63, 3.8) is 0 Å². The molecule has 0 heterocycles. The van der Waals surface area contributed by atoms with E-state index >= 15 is 0 Å². The Kier molecular flexibility index (Phi) is 9.70. The van der Waals surface area contributed by atoms with Crippen molar-refractivity contribution >= 4 is 17.9 Å². The van der Waals surface area contributed by atoms with Gasteiger partial charge in [0.2, 0.25) is 11.8 Å². The van der Waals surface area contributed by atoms with Crippen LogP contribution in [0.25, 0.3) is 0 Å². The fraction of sp³-hybridized carbons (Fsp3) is 0.625. The third-order valence-corrected chi connectivity index (χ3v) is 4.46. The van der Waals surface area contributed by atoms with E-state index in [0.29, 0.717) is 12.0 Å². The number of hydrogen-bond donors (Lipinski definition) is 3. The first kappa shape index (κ1) is 27.4. The van der Waals surface area contributed by atoms with Crippen molar-refractivity contribution < 1.29 is 24.2 Å². The summed E-state index contributed by atoms with van der Waals surface area (Å²) in [6, 6.07) is 5.21. The largest absolute Gasteiger partial charge is 0.444 e. The molecule has 0 aliphatic carbocycles. The quantitative estimate of drug-likeness (QED) is 0.565. The molecule has 0 radical (unpaired) electrons. The smallest absolute Gasteiger partial charge is 0.408 e. The summed E-state index contributed by atoms with van der Waals surface area (Å²) in [6.07, 6.45) is -0.227. The van der Waals surface area contributed by atoms with Gasteiger partial charge in [-0.05, 0) is 66.0 Å². The lowest BCUT2D eigenvalue weighted by molar-refractivity contribution is -0.143. The molecule has 8 nitrogen and oxygen atoms in total. The molecule has 0 aliphatic rings. The van der Waals surface area contributed by atoms with Crippen LogP contribution in [-0.4, -0.2) is 58.2 Å². The Morgan fingerprint density at radius 1 is 1.09 bits per heavy atom. The molecule has 32 heavy (non-hydrogen) atoms. The van der Waals surface area contributed by atoms with Crippen molar-refractivity contribution in [1.29, 1.82) is 0 Å². The number of amides is 3. The van der Waals surface area contributed by atoms with E-state index in [4.69, 9.17) is 4.74 Å². The number of rotatable bonds is 8. The summed E-state index contributed by atoms with van der Waals surface area (Å²) in [7, 11) is 0. The number of nitrogens with zero attached hydrogens (tertiary/aromatic N) is 1. The van der Waals surface area contributed by atoms with Crippen molar-refractivity contribution in [2.24, 2.45) is 0 Å². The van der Waals surface area contributed by atoms with E-state index in [1.807, 2.05) is 58.9 Å². The number of aryl methyl sites for hydroxylation is 1. The number of aliphatic hydroxyl groups excluding tert-OH is 1. The highest BCUT2D eigenvalue weighted by molar-refractivity contribution is 5.92. The molecule has 0 aliphatic heterocycles. The van der Waals surface area contributed by atoms with E-state index in [1.165, 1.54) is 4.90 Å². The summed E-state index contributed by atoms with van der Waals surface area (Å²) in [6.45, 7) is 14.1. The summed E-state index contributed by atoms with van der Waals surface area (Å²) >= 11 is 0. The van der Waals surface area contributed by atoms with Crippen molar-refractivity contribution in [1.82, 2.24) is 15.5 Å². The van der Waals surface area contributed by atoms with E-state index in [2.05, 4.69) is 10.6 Å². The standard InChI is InChI=1S/C24H39N3O5/c1-9-14-27(21(30)18(15-28)25-22(31)32-24(6,7)8)19(20(29)26-23(3,4)5)17-13-11-10-12-16(17)2/h10-13,18-19,28H,9,14-15H2,1-8H3,(H,25,31)(H,26,29). The van der Waals surface area contributed by atoms with Gasteiger partial charge in [-0.1, -0.05) is 31.2 Å². The first-order valence-corrected chi connectivity index (χ1v) is 11.0. The van der Waals surface area contributed by atoms with Crippen molar-refractivity contribution in [2.45, 2.75) is 85.0 Å². The molecule has 2 unspecified atom stereocenters. The summed E-state index contributed by atoms with van der Waals surface area (Å²) in [5, 5.41) is 15.3.